The lowest BCUT2D eigenvalue weighted by Crippen LogP contribution is -2.27. The topological polar surface area (TPSA) is 30.5 Å². The predicted molar refractivity (Wildman–Crippen MR) is 62.2 cm³/mol. The highest BCUT2D eigenvalue weighted by molar-refractivity contribution is 4.73. The zero-order valence-corrected chi connectivity index (χ0v) is 9.96. The van der Waals surface area contributed by atoms with Gasteiger partial charge in [-0.2, -0.15) is 0 Å². The van der Waals surface area contributed by atoms with Crippen molar-refractivity contribution in [2.75, 3.05) is 33.5 Å². The minimum atomic E-state index is 0.709. The zero-order chi connectivity index (χ0) is 10.8. The summed E-state index contributed by atoms with van der Waals surface area (Å²) in [7, 11) is 1.70. The molecule has 1 saturated carbocycles. The lowest BCUT2D eigenvalue weighted by atomic mass is 10.2. The molecule has 0 saturated heterocycles. The molecule has 0 aromatic carbocycles. The number of ether oxygens (including phenoxy) is 2. The third-order valence-corrected chi connectivity index (χ3v) is 2.94. The Hall–Kier alpha value is -0.120. The maximum absolute atomic E-state index is 5.39. The van der Waals surface area contributed by atoms with E-state index < -0.39 is 0 Å². The molecule has 1 aliphatic carbocycles. The lowest BCUT2D eigenvalue weighted by Gasteiger charge is -2.11. The number of nitrogens with one attached hydrogen (secondary N) is 1. The molecule has 0 amide bonds. The Bertz CT molecular complexity index is 136. The molecule has 0 aliphatic heterocycles. The molecule has 90 valence electrons. The Morgan fingerprint density at radius 2 is 1.87 bits per heavy atom. The molecule has 0 spiro atoms. The summed E-state index contributed by atoms with van der Waals surface area (Å²) in [5, 5.41) is 3.60. The summed E-state index contributed by atoms with van der Waals surface area (Å²) < 4.78 is 10.3. The number of rotatable bonds is 9. The molecule has 0 heterocycles. The molecule has 0 aromatic heterocycles. The zero-order valence-electron chi connectivity index (χ0n) is 9.96. The van der Waals surface area contributed by atoms with Gasteiger partial charge in [0, 0.05) is 19.8 Å². The maximum Gasteiger partial charge on any atom is 0.0700 e. The van der Waals surface area contributed by atoms with E-state index in [1.54, 1.807) is 7.11 Å². The molecule has 0 unspecified atom stereocenters. The minimum absolute atomic E-state index is 0.709. The van der Waals surface area contributed by atoms with Crippen LogP contribution < -0.4 is 5.32 Å². The fourth-order valence-corrected chi connectivity index (χ4v) is 2.01. The van der Waals surface area contributed by atoms with Crippen LogP contribution in [0, 0.1) is 0 Å². The summed E-state index contributed by atoms with van der Waals surface area (Å²) in [5.41, 5.74) is 0. The highest BCUT2D eigenvalue weighted by atomic mass is 16.5. The molecule has 0 aromatic rings. The molecule has 1 fully saturated rings. The van der Waals surface area contributed by atoms with E-state index in [9.17, 15) is 0 Å². The largest absolute Gasteiger partial charge is 0.382 e. The summed E-state index contributed by atoms with van der Waals surface area (Å²) in [5.74, 6) is 0. The Balaban J connectivity index is 1.73. The first kappa shape index (κ1) is 12.9. The molecular formula is C12H25NO2. The van der Waals surface area contributed by atoms with E-state index in [-0.39, 0.29) is 0 Å². The summed E-state index contributed by atoms with van der Waals surface area (Å²) in [6.45, 7) is 3.46. The van der Waals surface area contributed by atoms with Crippen LogP contribution in [0.2, 0.25) is 0 Å². The molecule has 15 heavy (non-hydrogen) atoms. The molecule has 1 rings (SSSR count). The van der Waals surface area contributed by atoms with Crippen LogP contribution >= 0.6 is 0 Å². The van der Waals surface area contributed by atoms with Crippen molar-refractivity contribution in [2.24, 2.45) is 0 Å². The standard InChI is InChI=1S/C12H25NO2/c1-14-10-11-15-9-5-4-8-13-12-6-2-3-7-12/h12-13H,2-11H2,1H3. The first-order valence-electron chi connectivity index (χ1n) is 6.23. The van der Waals surface area contributed by atoms with E-state index in [0.29, 0.717) is 6.61 Å². The van der Waals surface area contributed by atoms with Crippen molar-refractivity contribution >= 4 is 0 Å². The van der Waals surface area contributed by atoms with Crippen LogP contribution in [0.15, 0.2) is 0 Å². The third kappa shape index (κ3) is 6.88. The van der Waals surface area contributed by atoms with Crippen LogP contribution in [0.1, 0.15) is 38.5 Å². The summed E-state index contributed by atoms with van der Waals surface area (Å²) in [6.07, 6.45) is 7.97. The Morgan fingerprint density at radius 1 is 1.07 bits per heavy atom. The van der Waals surface area contributed by atoms with Gasteiger partial charge in [-0.1, -0.05) is 12.8 Å². The van der Waals surface area contributed by atoms with Gasteiger partial charge in [0.25, 0.3) is 0 Å². The molecule has 3 nitrogen and oxygen atoms in total. The van der Waals surface area contributed by atoms with Crippen LogP contribution in [-0.4, -0.2) is 39.5 Å². The molecule has 0 atom stereocenters. The first-order chi connectivity index (χ1) is 7.43. The first-order valence-corrected chi connectivity index (χ1v) is 6.23. The van der Waals surface area contributed by atoms with E-state index in [1.165, 1.54) is 32.1 Å². The summed E-state index contributed by atoms with van der Waals surface area (Å²) >= 11 is 0. The molecule has 1 N–H and O–H groups in total. The quantitative estimate of drug-likeness (QED) is 0.596. The SMILES string of the molecule is COCCOCCCCNC1CCCC1. The van der Waals surface area contributed by atoms with Crippen LogP contribution in [0.4, 0.5) is 0 Å². The molecule has 0 bridgehead atoms. The van der Waals surface area contributed by atoms with Gasteiger partial charge in [-0.15, -0.1) is 0 Å². The molecule has 3 heteroatoms. The van der Waals surface area contributed by atoms with Gasteiger partial charge in [0.1, 0.15) is 0 Å². The lowest BCUT2D eigenvalue weighted by molar-refractivity contribution is 0.0687. The van der Waals surface area contributed by atoms with Gasteiger partial charge < -0.3 is 14.8 Å². The van der Waals surface area contributed by atoms with Crippen molar-refractivity contribution in [3.05, 3.63) is 0 Å². The average Bonchev–Trinajstić information content (AvgIpc) is 2.75. The van der Waals surface area contributed by atoms with Crippen LogP contribution in [0.3, 0.4) is 0 Å². The minimum Gasteiger partial charge on any atom is -0.382 e. The van der Waals surface area contributed by atoms with E-state index in [1.807, 2.05) is 0 Å². The van der Waals surface area contributed by atoms with Gasteiger partial charge in [-0.05, 0) is 32.2 Å². The van der Waals surface area contributed by atoms with Crippen molar-refractivity contribution in [2.45, 2.75) is 44.6 Å². The number of hydrogen-bond donors (Lipinski definition) is 1. The fraction of sp³-hybridized carbons (Fsp3) is 1.00. The highest BCUT2D eigenvalue weighted by Crippen LogP contribution is 2.17. The smallest absolute Gasteiger partial charge is 0.0700 e. The van der Waals surface area contributed by atoms with Gasteiger partial charge in [0.2, 0.25) is 0 Å². The average molecular weight is 215 g/mol. The predicted octanol–water partition coefficient (Wildman–Crippen LogP) is 1.96. The molecule has 0 radical (unpaired) electrons. The molecular weight excluding hydrogens is 190 g/mol. The number of unbranched alkanes of at least 4 members (excludes halogenated alkanes) is 1. The van der Waals surface area contributed by atoms with Crippen molar-refractivity contribution in [3.63, 3.8) is 0 Å². The second kappa shape index (κ2) is 9.13. The van der Waals surface area contributed by atoms with Crippen molar-refractivity contribution in [1.82, 2.24) is 5.32 Å². The van der Waals surface area contributed by atoms with Crippen LogP contribution in [-0.2, 0) is 9.47 Å². The second-order valence-electron chi connectivity index (χ2n) is 4.25. The fourth-order valence-electron chi connectivity index (χ4n) is 2.01. The number of methoxy groups -OCH3 is 1. The van der Waals surface area contributed by atoms with Gasteiger partial charge >= 0.3 is 0 Å². The normalized spacial score (nSPS) is 17.4. The van der Waals surface area contributed by atoms with Crippen molar-refractivity contribution in [3.8, 4) is 0 Å². The monoisotopic (exact) mass is 215 g/mol. The Labute approximate surface area is 93.5 Å². The Morgan fingerprint density at radius 3 is 2.60 bits per heavy atom. The van der Waals surface area contributed by atoms with E-state index >= 15 is 0 Å². The van der Waals surface area contributed by atoms with E-state index in [0.717, 1.165) is 32.2 Å². The van der Waals surface area contributed by atoms with Crippen LogP contribution in [0.25, 0.3) is 0 Å². The summed E-state index contributed by atoms with van der Waals surface area (Å²) in [6, 6.07) is 0.805. The maximum atomic E-state index is 5.39. The van der Waals surface area contributed by atoms with Gasteiger partial charge in [-0.25, -0.2) is 0 Å². The van der Waals surface area contributed by atoms with E-state index in [4.69, 9.17) is 9.47 Å². The van der Waals surface area contributed by atoms with Crippen molar-refractivity contribution < 1.29 is 9.47 Å². The van der Waals surface area contributed by atoms with Gasteiger partial charge in [-0.3, -0.25) is 0 Å². The third-order valence-electron chi connectivity index (χ3n) is 2.94. The van der Waals surface area contributed by atoms with Crippen LogP contribution in [0.5, 0.6) is 0 Å². The second-order valence-corrected chi connectivity index (χ2v) is 4.25. The Kier molecular flexibility index (Phi) is 7.88. The van der Waals surface area contributed by atoms with Gasteiger partial charge in [0.15, 0.2) is 0 Å². The van der Waals surface area contributed by atoms with Gasteiger partial charge in [0.05, 0.1) is 13.2 Å². The van der Waals surface area contributed by atoms with E-state index in [2.05, 4.69) is 5.32 Å². The van der Waals surface area contributed by atoms with Crippen molar-refractivity contribution in [1.29, 1.82) is 0 Å². The highest BCUT2D eigenvalue weighted by Gasteiger charge is 2.12. The number of hydrogen-bond acceptors (Lipinski definition) is 3. The molecule has 1 aliphatic rings. The summed E-state index contributed by atoms with van der Waals surface area (Å²) in [4.78, 5) is 0.